The Kier molecular flexibility index (Phi) is 11.8. The lowest BCUT2D eigenvalue weighted by molar-refractivity contribution is 0.930. The quantitative estimate of drug-likeness (QED) is 0.115. The summed E-state index contributed by atoms with van der Waals surface area (Å²) >= 11 is 0. The van der Waals surface area contributed by atoms with Gasteiger partial charge in [-0.25, -0.2) is 0 Å². The summed E-state index contributed by atoms with van der Waals surface area (Å²) in [7, 11) is 0. The van der Waals surface area contributed by atoms with Gasteiger partial charge in [0.1, 0.15) is 0 Å². The Balaban J connectivity index is 0.925. The van der Waals surface area contributed by atoms with E-state index >= 15 is 0 Å². The van der Waals surface area contributed by atoms with Crippen molar-refractivity contribution in [1.82, 2.24) is 0 Å². The third kappa shape index (κ3) is 8.68. The number of allylic oxidation sites excluding steroid dienone is 7. The first-order valence-electron chi connectivity index (χ1n) is 22.3. The monoisotopic (exact) mass is 826 g/mol. The number of para-hydroxylation sites is 5. The molecule has 0 aliphatic heterocycles. The van der Waals surface area contributed by atoms with Crippen molar-refractivity contribution in [2.75, 3.05) is 19.6 Å². The normalized spacial score (nSPS) is 13.3. The third-order valence-electron chi connectivity index (χ3n) is 11.9. The summed E-state index contributed by atoms with van der Waals surface area (Å²) in [4.78, 5) is 9.40. The molecule has 0 atom stereocenters. The number of nitrogens with zero attached hydrogens (tertiary/aromatic N) is 4. The Morgan fingerprint density at radius 1 is 0.281 bits per heavy atom. The van der Waals surface area contributed by atoms with Crippen molar-refractivity contribution < 1.29 is 0 Å². The Bertz CT molecular complexity index is 2850. The number of rotatable bonds is 13. The van der Waals surface area contributed by atoms with E-state index in [1.807, 2.05) is 0 Å². The zero-order chi connectivity index (χ0) is 42.9. The van der Waals surface area contributed by atoms with Crippen LogP contribution in [0.1, 0.15) is 31.2 Å². The zero-order valence-electron chi connectivity index (χ0n) is 35.9. The molecule has 0 bridgehead atoms. The molecule has 0 spiro atoms. The summed E-state index contributed by atoms with van der Waals surface area (Å²) in [5, 5.41) is 0. The van der Waals surface area contributed by atoms with E-state index in [2.05, 4.69) is 274 Å². The lowest BCUT2D eigenvalue weighted by atomic mass is 9.94. The average molecular weight is 827 g/mol. The predicted molar refractivity (Wildman–Crippen MR) is 271 cm³/mol. The molecule has 10 rings (SSSR count). The third-order valence-corrected chi connectivity index (χ3v) is 11.9. The van der Waals surface area contributed by atoms with Crippen molar-refractivity contribution in [3.8, 4) is 0 Å². The highest BCUT2D eigenvalue weighted by Crippen LogP contribution is 2.42. The fraction of sp³-hybridized carbons (Fsp3) is 0.0667. The molecule has 2 aliphatic carbocycles. The second-order valence-electron chi connectivity index (χ2n) is 16.1. The van der Waals surface area contributed by atoms with Gasteiger partial charge in [0.2, 0.25) is 0 Å². The Hall–Kier alpha value is -8.08. The summed E-state index contributed by atoms with van der Waals surface area (Å²) in [5.74, 6) is 0. The van der Waals surface area contributed by atoms with Gasteiger partial charge < -0.3 is 19.6 Å². The van der Waals surface area contributed by atoms with Crippen molar-refractivity contribution in [3.63, 3.8) is 0 Å². The average Bonchev–Trinajstić information content (AvgIpc) is 3.38. The molecular weight excluding hydrogens is 777 g/mol. The van der Waals surface area contributed by atoms with E-state index in [-0.39, 0.29) is 0 Å². The molecule has 0 fully saturated rings. The second-order valence-corrected chi connectivity index (χ2v) is 16.1. The number of anilines is 10. The van der Waals surface area contributed by atoms with Gasteiger partial charge in [0, 0.05) is 68.3 Å². The predicted octanol–water partition coefficient (Wildman–Crippen LogP) is 16.9. The highest BCUT2D eigenvalue weighted by molar-refractivity contribution is 5.83. The van der Waals surface area contributed by atoms with Crippen LogP contribution in [0.2, 0.25) is 0 Å². The van der Waals surface area contributed by atoms with E-state index < -0.39 is 0 Å². The SMILES string of the molecule is C1=CC(N(c2ccccc2)c2ccc(N(C3=CC=C(c4ccc(N(c5ccccc5)c5ccc(N(c6ccccc6)c6ccccc6)cc5)cc4)CC3)c3ccccc3)cc2)=CCC1. The molecule has 0 radical (unpaired) electrons. The van der Waals surface area contributed by atoms with Crippen LogP contribution in [-0.2, 0) is 0 Å². The minimum atomic E-state index is 0.920. The van der Waals surface area contributed by atoms with Crippen LogP contribution < -0.4 is 19.6 Å². The lowest BCUT2D eigenvalue weighted by Crippen LogP contribution is -2.19. The minimum Gasteiger partial charge on any atom is -0.314 e. The maximum absolute atomic E-state index is 2.41. The van der Waals surface area contributed by atoms with Gasteiger partial charge in [-0.05, 0) is 170 Å². The van der Waals surface area contributed by atoms with Gasteiger partial charge in [-0.2, -0.15) is 0 Å². The Labute approximate surface area is 377 Å². The number of benzene rings is 8. The van der Waals surface area contributed by atoms with Gasteiger partial charge >= 0.3 is 0 Å². The van der Waals surface area contributed by atoms with E-state index in [0.717, 1.165) is 82.6 Å². The molecule has 4 nitrogen and oxygen atoms in total. The first-order valence-corrected chi connectivity index (χ1v) is 22.3. The molecule has 0 amide bonds. The van der Waals surface area contributed by atoms with E-state index in [0.29, 0.717) is 0 Å². The molecule has 4 heteroatoms. The van der Waals surface area contributed by atoms with Gasteiger partial charge in [-0.15, -0.1) is 0 Å². The highest BCUT2D eigenvalue weighted by atomic mass is 15.2. The molecular formula is C60H50N4. The van der Waals surface area contributed by atoms with Crippen LogP contribution in [0.5, 0.6) is 0 Å². The van der Waals surface area contributed by atoms with Crippen molar-refractivity contribution in [2.45, 2.75) is 25.7 Å². The van der Waals surface area contributed by atoms with Crippen molar-refractivity contribution >= 4 is 62.4 Å². The Morgan fingerprint density at radius 2 is 0.625 bits per heavy atom. The van der Waals surface area contributed by atoms with Crippen LogP contribution in [0.3, 0.4) is 0 Å². The van der Waals surface area contributed by atoms with Crippen LogP contribution in [0.4, 0.5) is 56.9 Å². The van der Waals surface area contributed by atoms with E-state index in [1.165, 1.54) is 22.5 Å². The summed E-state index contributed by atoms with van der Waals surface area (Å²) in [5.41, 5.74) is 16.3. The van der Waals surface area contributed by atoms with Crippen LogP contribution in [0, 0.1) is 0 Å². The smallest absolute Gasteiger partial charge is 0.0463 e. The molecule has 0 N–H and O–H groups in total. The highest BCUT2D eigenvalue weighted by Gasteiger charge is 2.21. The Morgan fingerprint density at radius 3 is 1.00 bits per heavy atom. The first kappa shape index (κ1) is 40.0. The molecule has 64 heavy (non-hydrogen) atoms. The molecule has 0 unspecified atom stereocenters. The zero-order valence-corrected chi connectivity index (χ0v) is 35.9. The summed E-state index contributed by atoms with van der Waals surface area (Å²) in [6.45, 7) is 0. The van der Waals surface area contributed by atoms with Crippen LogP contribution in [0.15, 0.2) is 266 Å². The fourth-order valence-electron chi connectivity index (χ4n) is 8.85. The molecule has 8 aromatic rings. The first-order chi connectivity index (χ1) is 31.8. The van der Waals surface area contributed by atoms with E-state index in [4.69, 9.17) is 0 Å². The van der Waals surface area contributed by atoms with Crippen molar-refractivity contribution in [2.24, 2.45) is 0 Å². The van der Waals surface area contributed by atoms with Crippen LogP contribution in [-0.4, -0.2) is 0 Å². The van der Waals surface area contributed by atoms with Crippen LogP contribution in [0.25, 0.3) is 5.57 Å². The van der Waals surface area contributed by atoms with E-state index in [1.54, 1.807) is 0 Å². The molecule has 310 valence electrons. The van der Waals surface area contributed by atoms with Gasteiger partial charge in [0.25, 0.3) is 0 Å². The van der Waals surface area contributed by atoms with Gasteiger partial charge in [-0.1, -0.05) is 121 Å². The largest absolute Gasteiger partial charge is 0.314 e. The number of hydrogen-bond acceptors (Lipinski definition) is 4. The van der Waals surface area contributed by atoms with Gasteiger partial charge in [-0.3, -0.25) is 0 Å². The second kappa shape index (κ2) is 18.9. The molecule has 2 aliphatic rings. The van der Waals surface area contributed by atoms with Gasteiger partial charge in [0.05, 0.1) is 0 Å². The maximum Gasteiger partial charge on any atom is 0.0463 e. The number of hydrogen-bond donors (Lipinski definition) is 0. The summed E-state index contributed by atoms with van der Waals surface area (Å²) in [6.07, 6.45) is 15.5. The topological polar surface area (TPSA) is 13.0 Å². The standard InChI is InChI=1S/C60H50N4/c1-7-19-49(20-8-1)61(50-21-9-2-10-22-50)57-39-43-59(44-40-57)63(53-27-15-5-16-28-53)55-35-31-47(32-36-55)48-33-37-56(38-34-48)64(54-29-17-6-18-30-54)60-45-41-58(42-46-60)62(51-23-11-3-12-24-51)52-25-13-4-14-26-52/h1-3,5-13,15-33,35-37,39-46H,4,14,34,38H2. The summed E-state index contributed by atoms with van der Waals surface area (Å²) in [6, 6.07) is 80.1. The van der Waals surface area contributed by atoms with Crippen molar-refractivity contribution in [3.05, 3.63) is 272 Å². The van der Waals surface area contributed by atoms with Gasteiger partial charge in [0.15, 0.2) is 0 Å². The molecule has 0 saturated carbocycles. The lowest BCUT2D eigenvalue weighted by Gasteiger charge is -2.31. The molecule has 8 aromatic carbocycles. The summed E-state index contributed by atoms with van der Waals surface area (Å²) < 4.78 is 0. The van der Waals surface area contributed by atoms with E-state index in [9.17, 15) is 0 Å². The van der Waals surface area contributed by atoms with Crippen molar-refractivity contribution in [1.29, 1.82) is 0 Å². The maximum atomic E-state index is 2.41. The molecule has 0 aromatic heterocycles. The minimum absolute atomic E-state index is 0.920. The fourth-order valence-corrected chi connectivity index (χ4v) is 8.85. The molecule has 0 heterocycles. The molecule has 0 saturated heterocycles. The van der Waals surface area contributed by atoms with Crippen LogP contribution >= 0.6 is 0 Å².